The molecular formula is C24H24N4O. The maximum atomic E-state index is 12.7. The van der Waals surface area contributed by atoms with E-state index in [2.05, 4.69) is 46.6 Å². The number of hydrogen-bond donors (Lipinski definition) is 1. The van der Waals surface area contributed by atoms with Gasteiger partial charge in [0.1, 0.15) is 6.54 Å². The van der Waals surface area contributed by atoms with Gasteiger partial charge in [-0.1, -0.05) is 47.5 Å². The first-order valence-corrected chi connectivity index (χ1v) is 9.68. The van der Waals surface area contributed by atoms with E-state index in [9.17, 15) is 4.79 Å². The third-order valence-corrected chi connectivity index (χ3v) is 5.09. The number of pyridine rings is 1. The Kier molecular flexibility index (Phi) is 4.89. The van der Waals surface area contributed by atoms with Crippen LogP contribution in [-0.2, 0) is 11.3 Å². The van der Waals surface area contributed by atoms with Crippen molar-refractivity contribution in [3.05, 3.63) is 77.1 Å². The predicted molar refractivity (Wildman–Crippen MR) is 117 cm³/mol. The van der Waals surface area contributed by atoms with Crippen molar-refractivity contribution in [2.75, 3.05) is 5.32 Å². The lowest BCUT2D eigenvalue weighted by atomic mass is 10.0. The summed E-state index contributed by atoms with van der Waals surface area (Å²) in [5.41, 5.74) is 8.02. The van der Waals surface area contributed by atoms with Gasteiger partial charge < -0.3 is 5.32 Å². The first kappa shape index (κ1) is 18.9. The summed E-state index contributed by atoms with van der Waals surface area (Å²) in [6.07, 6.45) is 1.78. The Morgan fingerprint density at radius 3 is 2.55 bits per heavy atom. The molecule has 4 aromatic rings. The van der Waals surface area contributed by atoms with Crippen LogP contribution in [0.25, 0.3) is 22.2 Å². The second-order valence-corrected chi connectivity index (χ2v) is 7.54. The average Bonchev–Trinajstić information content (AvgIpc) is 3.00. The van der Waals surface area contributed by atoms with Crippen molar-refractivity contribution in [2.24, 2.45) is 0 Å². The summed E-state index contributed by atoms with van der Waals surface area (Å²) in [5.74, 6) is -0.121. The molecule has 1 amide bonds. The van der Waals surface area contributed by atoms with Crippen LogP contribution in [0.15, 0.2) is 54.7 Å². The van der Waals surface area contributed by atoms with Crippen LogP contribution in [0.4, 0.5) is 5.69 Å². The first-order chi connectivity index (χ1) is 13.9. The van der Waals surface area contributed by atoms with Crippen LogP contribution < -0.4 is 5.32 Å². The van der Waals surface area contributed by atoms with Crippen molar-refractivity contribution < 1.29 is 4.79 Å². The summed E-state index contributed by atoms with van der Waals surface area (Å²) in [6.45, 7) is 8.18. The van der Waals surface area contributed by atoms with Gasteiger partial charge in [-0.25, -0.2) is 9.67 Å². The number of hydrogen-bond acceptors (Lipinski definition) is 3. The van der Waals surface area contributed by atoms with E-state index < -0.39 is 0 Å². The standard InChI is InChI=1S/C24H24N4O/c1-15-6-5-7-19(13-15)20-10-11-25-24-23(20)18(4)27-28(24)14-22(29)26-21-9-8-16(2)12-17(21)3/h5-13H,14H2,1-4H3,(H,26,29). The Hall–Kier alpha value is -3.47. The van der Waals surface area contributed by atoms with E-state index in [1.54, 1.807) is 10.9 Å². The second kappa shape index (κ2) is 7.51. The van der Waals surface area contributed by atoms with Gasteiger partial charge in [-0.3, -0.25) is 4.79 Å². The monoisotopic (exact) mass is 384 g/mol. The lowest BCUT2D eigenvalue weighted by molar-refractivity contribution is -0.116. The van der Waals surface area contributed by atoms with E-state index >= 15 is 0 Å². The molecule has 4 rings (SSSR count). The molecule has 0 aliphatic rings. The number of aromatic nitrogens is 3. The highest BCUT2D eigenvalue weighted by atomic mass is 16.2. The summed E-state index contributed by atoms with van der Waals surface area (Å²) in [6, 6.07) is 16.4. The number of amides is 1. The Bertz CT molecular complexity index is 1220. The Labute approximate surface area is 170 Å². The largest absolute Gasteiger partial charge is 0.324 e. The fourth-order valence-electron chi connectivity index (χ4n) is 3.72. The molecule has 0 fully saturated rings. The lowest BCUT2D eigenvalue weighted by Crippen LogP contribution is -2.20. The number of carbonyl (C=O) groups excluding carboxylic acids is 1. The van der Waals surface area contributed by atoms with Gasteiger partial charge in [0.2, 0.25) is 5.91 Å². The third-order valence-electron chi connectivity index (χ3n) is 5.09. The number of anilines is 1. The normalized spacial score (nSPS) is 11.0. The number of benzene rings is 2. The Morgan fingerprint density at radius 1 is 1.00 bits per heavy atom. The van der Waals surface area contributed by atoms with Crippen LogP contribution in [-0.4, -0.2) is 20.7 Å². The fourth-order valence-corrected chi connectivity index (χ4v) is 3.72. The van der Waals surface area contributed by atoms with E-state index in [-0.39, 0.29) is 12.5 Å². The van der Waals surface area contributed by atoms with Crippen LogP contribution in [0, 0.1) is 27.7 Å². The highest BCUT2D eigenvalue weighted by Crippen LogP contribution is 2.30. The summed E-state index contributed by atoms with van der Waals surface area (Å²) in [4.78, 5) is 17.2. The van der Waals surface area contributed by atoms with Crippen molar-refractivity contribution in [3.63, 3.8) is 0 Å². The molecule has 0 unspecified atom stereocenters. The second-order valence-electron chi connectivity index (χ2n) is 7.54. The number of rotatable bonds is 4. The van der Waals surface area contributed by atoms with Gasteiger partial charge in [-0.05, 0) is 56.5 Å². The average molecular weight is 384 g/mol. The molecule has 0 bridgehead atoms. The van der Waals surface area contributed by atoms with E-state index in [4.69, 9.17) is 0 Å². The van der Waals surface area contributed by atoms with Crippen LogP contribution in [0.1, 0.15) is 22.4 Å². The van der Waals surface area contributed by atoms with Crippen molar-refractivity contribution in [2.45, 2.75) is 34.2 Å². The molecule has 0 radical (unpaired) electrons. The summed E-state index contributed by atoms with van der Waals surface area (Å²) in [5, 5.41) is 8.58. The molecule has 5 heteroatoms. The fraction of sp³-hybridized carbons (Fsp3) is 0.208. The zero-order valence-corrected chi connectivity index (χ0v) is 17.2. The van der Waals surface area contributed by atoms with Gasteiger partial charge >= 0.3 is 0 Å². The third kappa shape index (κ3) is 3.76. The SMILES string of the molecule is Cc1cccc(-c2ccnc3c2c(C)nn3CC(=O)Nc2ccc(C)cc2C)c1. The molecule has 146 valence electrons. The van der Waals surface area contributed by atoms with E-state index in [1.807, 2.05) is 45.0 Å². The highest BCUT2D eigenvalue weighted by Gasteiger charge is 2.16. The van der Waals surface area contributed by atoms with Gasteiger partial charge in [-0.2, -0.15) is 5.10 Å². The van der Waals surface area contributed by atoms with Crippen LogP contribution in [0.5, 0.6) is 0 Å². The molecule has 0 aliphatic heterocycles. The van der Waals surface area contributed by atoms with Crippen LogP contribution >= 0.6 is 0 Å². The van der Waals surface area contributed by atoms with E-state index in [1.165, 1.54) is 11.1 Å². The van der Waals surface area contributed by atoms with Crippen LogP contribution in [0.2, 0.25) is 0 Å². The molecule has 0 saturated carbocycles. The van der Waals surface area contributed by atoms with Crippen molar-refractivity contribution in [1.82, 2.24) is 14.8 Å². The molecule has 2 aromatic carbocycles. The summed E-state index contributed by atoms with van der Waals surface area (Å²) in [7, 11) is 0. The Morgan fingerprint density at radius 2 is 1.79 bits per heavy atom. The molecule has 0 spiro atoms. The van der Waals surface area contributed by atoms with Crippen molar-refractivity contribution in [1.29, 1.82) is 0 Å². The molecule has 1 N–H and O–H groups in total. The minimum absolute atomic E-state index is 0.113. The first-order valence-electron chi connectivity index (χ1n) is 9.68. The smallest absolute Gasteiger partial charge is 0.246 e. The number of aryl methyl sites for hydroxylation is 4. The maximum absolute atomic E-state index is 12.7. The minimum atomic E-state index is -0.121. The molecule has 5 nitrogen and oxygen atoms in total. The zero-order valence-electron chi connectivity index (χ0n) is 17.2. The van der Waals surface area contributed by atoms with E-state index in [0.29, 0.717) is 0 Å². The topological polar surface area (TPSA) is 59.8 Å². The summed E-state index contributed by atoms with van der Waals surface area (Å²) < 4.78 is 1.68. The van der Waals surface area contributed by atoms with Gasteiger partial charge in [0.25, 0.3) is 0 Å². The summed E-state index contributed by atoms with van der Waals surface area (Å²) >= 11 is 0. The number of carbonyl (C=O) groups is 1. The quantitative estimate of drug-likeness (QED) is 0.540. The predicted octanol–water partition coefficient (Wildman–Crippen LogP) is 4.97. The number of nitrogens with one attached hydrogen (secondary N) is 1. The highest BCUT2D eigenvalue weighted by molar-refractivity contribution is 5.96. The lowest BCUT2D eigenvalue weighted by Gasteiger charge is -2.10. The molecule has 0 saturated heterocycles. The molecule has 29 heavy (non-hydrogen) atoms. The van der Waals surface area contributed by atoms with Gasteiger partial charge in [-0.15, -0.1) is 0 Å². The van der Waals surface area contributed by atoms with Gasteiger partial charge in [0.05, 0.1) is 5.69 Å². The van der Waals surface area contributed by atoms with Gasteiger partial charge in [0, 0.05) is 17.3 Å². The molecule has 0 aliphatic carbocycles. The van der Waals surface area contributed by atoms with Gasteiger partial charge in [0.15, 0.2) is 5.65 Å². The van der Waals surface area contributed by atoms with Crippen molar-refractivity contribution in [3.8, 4) is 11.1 Å². The molecule has 2 aromatic heterocycles. The zero-order chi connectivity index (χ0) is 20.5. The molecular weight excluding hydrogens is 360 g/mol. The molecule has 2 heterocycles. The maximum Gasteiger partial charge on any atom is 0.246 e. The Balaban J connectivity index is 1.67. The van der Waals surface area contributed by atoms with E-state index in [0.717, 1.165) is 39.1 Å². The van der Waals surface area contributed by atoms with Crippen LogP contribution in [0.3, 0.4) is 0 Å². The molecule has 0 atom stereocenters. The minimum Gasteiger partial charge on any atom is -0.324 e. The van der Waals surface area contributed by atoms with Crippen molar-refractivity contribution >= 4 is 22.6 Å². The number of nitrogens with zero attached hydrogens (tertiary/aromatic N) is 3. The number of fused-ring (bicyclic) bond motifs is 1.